The van der Waals surface area contributed by atoms with Crippen molar-refractivity contribution < 1.29 is 19.7 Å². The van der Waals surface area contributed by atoms with Gasteiger partial charge in [0.1, 0.15) is 0 Å². The maximum atomic E-state index is 10.7. The van der Waals surface area contributed by atoms with Gasteiger partial charge in [-0.2, -0.15) is 0 Å². The van der Waals surface area contributed by atoms with Crippen molar-refractivity contribution in [3.63, 3.8) is 0 Å². The number of fused-ring (bicyclic) bond motifs is 1. The first-order valence-corrected chi connectivity index (χ1v) is 3.61. The molecule has 3 rings (SSSR count). The molecule has 2 heterocycles. The fraction of sp³-hybridized carbons (Fsp3) is 0.857. The number of carbonyl (C=O) groups is 1. The Labute approximate surface area is 63.8 Å². The summed E-state index contributed by atoms with van der Waals surface area (Å²) in [7, 11) is 0. The largest absolute Gasteiger partial charge is 0.481 e. The summed E-state index contributed by atoms with van der Waals surface area (Å²) in [5.41, 5.74) is -1.17. The highest BCUT2D eigenvalue weighted by Crippen LogP contribution is 2.57. The van der Waals surface area contributed by atoms with Crippen molar-refractivity contribution in [1.29, 1.82) is 0 Å². The lowest BCUT2D eigenvalue weighted by molar-refractivity contribution is -0.155. The van der Waals surface area contributed by atoms with Gasteiger partial charge in [0.15, 0.2) is 0 Å². The van der Waals surface area contributed by atoms with Crippen LogP contribution >= 0.6 is 0 Å². The van der Waals surface area contributed by atoms with Gasteiger partial charge in [-0.3, -0.25) is 4.79 Å². The van der Waals surface area contributed by atoms with E-state index in [4.69, 9.17) is 14.9 Å². The van der Waals surface area contributed by atoms with Crippen LogP contribution in [0.1, 0.15) is 12.8 Å². The van der Waals surface area contributed by atoms with Crippen LogP contribution in [0.2, 0.25) is 0 Å². The van der Waals surface area contributed by atoms with Crippen molar-refractivity contribution in [1.82, 2.24) is 0 Å². The molecule has 3 aliphatic rings. The third-order valence-corrected chi connectivity index (χ3v) is 2.72. The Morgan fingerprint density at radius 2 is 2.18 bits per heavy atom. The zero-order valence-corrected chi connectivity index (χ0v) is 6.04. The molecule has 0 amide bonds. The van der Waals surface area contributed by atoms with Crippen LogP contribution in [0.5, 0.6) is 0 Å². The minimum atomic E-state index is -0.793. The molecule has 0 spiro atoms. The highest BCUT2D eigenvalue weighted by Gasteiger charge is 2.66. The molecule has 11 heavy (non-hydrogen) atoms. The molecule has 0 aromatic heterocycles. The minimum absolute atomic E-state index is 0.0535. The Morgan fingerprint density at radius 3 is 2.45 bits per heavy atom. The summed E-state index contributed by atoms with van der Waals surface area (Å²) in [5, 5.41) is 17.6. The second-order valence-electron chi connectivity index (χ2n) is 3.57. The summed E-state index contributed by atoms with van der Waals surface area (Å²) in [6, 6.07) is 0. The third kappa shape index (κ3) is 0.684. The Kier molecular flexibility index (Phi) is 1.13. The van der Waals surface area contributed by atoms with Crippen LogP contribution < -0.4 is 0 Å². The van der Waals surface area contributed by atoms with Crippen LogP contribution in [0, 0.1) is 5.41 Å². The minimum Gasteiger partial charge on any atom is -0.481 e. The standard InChI is InChI=1S/C7H10O4/c8-3-7-1-6(2-7,4-11-7)5(9)10/h8H,1-4H2,(H,9,10). The number of aliphatic hydroxyl groups excluding tert-OH is 1. The fourth-order valence-corrected chi connectivity index (χ4v) is 2.05. The molecule has 1 aliphatic carbocycles. The molecule has 1 saturated carbocycles. The van der Waals surface area contributed by atoms with Gasteiger partial charge in [0.25, 0.3) is 0 Å². The van der Waals surface area contributed by atoms with Gasteiger partial charge >= 0.3 is 5.97 Å². The smallest absolute Gasteiger partial charge is 0.312 e. The molecule has 62 valence electrons. The third-order valence-electron chi connectivity index (χ3n) is 2.72. The van der Waals surface area contributed by atoms with E-state index in [1.54, 1.807) is 0 Å². The van der Waals surface area contributed by atoms with Crippen LogP contribution in [0.3, 0.4) is 0 Å². The highest BCUT2D eigenvalue weighted by atomic mass is 16.5. The Morgan fingerprint density at radius 1 is 1.55 bits per heavy atom. The molecule has 0 unspecified atom stereocenters. The summed E-state index contributed by atoms with van der Waals surface area (Å²) in [4.78, 5) is 10.7. The Balaban J connectivity index is 2.14. The normalized spacial score (nSPS) is 47.0. The first-order valence-electron chi connectivity index (χ1n) is 3.61. The molecular weight excluding hydrogens is 148 g/mol. The van der Waals surface area contributed by atoms with Crippen molar-refractivity contribution in [2.75, 3.05) is 13.2 Å². The first kappa shape index (κ1) is 7.06. The first-order chi connectivity index (χ1) is 5.13. The lowest BCUT2D eigenvalue weighted by atomic mass is 9.63. The predicted octanol–water partition coefficient (Wildman–Crippen LogP) is -0.388. The van der Waals surface area contributed by atoms with E-state index in [1.165, 1.54) is 0 Å². The molecular formula is C7H10O4. The number of ether oxygens (including phenoxy) is 1. The summed E-state index contributed by atoms with van der Waals surface area (Å²) >= 11 is 0. The van der Waals surface area contributed by atoms with Gasteiger partial charge in [0, 0.05) is 0 Å². The number of aliphatic hydroxyl groups is 1. The van der Waals surface area contributed by atoms with E-state index >= 15 is 0 Å². The Hall–Kier alpha value is -0.610. The van der Waals surface area contributed by atoms with E-state index in [0.717, 1.165) is 0 Å². The van der Waals surface area contributed by atoms with Gasteiger partial charge in [-0.05, 0) is 12.8 Å². The summed E-state index contributed by atoms with van der Waals surface area (Å²) in [5.74, 6) is -0.793. The maximum absolute atomic E-state index is 10.7. The molecule has 2 saturated heterocycles. The topological polar surface area (TPSA) is 66.8 Å². The van der Waals surface area contributed by atoms with Gasteiger partial charge < -0.3 is 14.9 Å². The van der Waals surface area contributed by atoms with Crippen LogP contribution in [0.4, 0.5) is 0 Å². The molecule has 0 aromatic rings. The quantitative estimate of drug-likeness (QED) is 0.574. The average molecular weight is 158 g/mol. The summed E-state index contributed by atoms with van der Waals surface area (Å²) < 4.78 is 5.20. The van der Waals surface area contributed by atoms with Crippen molar-refractivity contribution >= 4 is 5.97 Å². The van der Waals surface area contributed by atoms with Crippen LogP contribution in [0.25, 0.3) is 0 Å². The monoisotopic (exact) mass is 158 g/mol. The molecule has 2 N–H and O–H groups in total. The molecule has 2 bridgehead atoms. The van der Waals surface area contributed by atoms with Crippen molar-refractivity contribution in [3.05, 3.63) is 0 Å². The second kappa shape index (κ2) is 1.76. The van der Waals surface area contributed by atoms with Crippen LogP contribution in [-0.4, -0.2) is 35.0 Å². The van der Waals surface area contributed by atoms with Crippen molar-refractivity contribution in [3.8, 4) is 0 Å². The Bertz CT molecular complexity index is 204. The second-order valence-corrected chi connectivity index (χ2v) is 3.57. The van der Waals surface area contributed by atoms with E-state index in [-0.39, 0.29) is 13.2 Å². The lowest BCUT2D eigenvalue weighted by Crippen LogP contribution is -2.50. The number of hydrogen-bond acceptors (Lipinski definition) is 3. The van der Waals surface area contributed by atoms with Gasteiger partial charge in [-0.1, -0.05) is 0 Å². The predicted molar refractivity (Wildman–Crippen MR) is 35.1 cm³/mol. The zero-order chi connectivity index (χ0) is 8.11. The molecule has 4 nitrogen and oxygen atoms in total. The average Bonchev–Trinajstić information content (AvgIpc) is 2.39. The number of aliphatic carboxylic acids is 1. The molecule has 0 aromatic carbocycles. The number of rotatable bonds is 2. The van der Waals surface area contributed by atoms with Gasteiger partial charge in [0.05, 0.1) is 24.2 Å². The van der Waals surface area contributed by atoms with Gasteiger partial charge in [-0.15, -0.1) is 0 Å². The van der Waals surface area contributed by atoms with Gasteiger partial charge in [-0.25, -0.2) is 0 Å². The van der Waals surface area contributed by atoms with Crippen LogP contribution in [-0.2, 0) is 9.53 Å². The van der Waals surface area contributed by atoms with E-state index < -0.39 is 17.0 Å². The lowest BCUT2D eigenvalue weighted by Gasteiger charge is -2.40. The molecule has 0 radical (unpaired) electrons. The number of carboxylic acid groups (broad SMARTS) is 1. The molecule has 2 aliphatic heterocycles. The molecule has 3 fully saturated rings. The zero-order valence-electron chi connectivity index (χ0n) is 6.04. The molecule has 4 heteroatoms. The fourth-order valence-electron chi connectivity index (χ4n) is 2.05. The number of carboxylic acids is 1. The van der Waals surface area contributed by atoms with E-state index in [1.807, 2.05) is 0 Å². The van der Waals surface area contributed by atoms with Crippen molar-refractivity contribution in [2.45, 2.75) is 18.4 Å². The molecule has 0 atom stereocenters. The van der Waals surface area contributed by atoms with E-state index in [0.29, 0.717) is 12.8 Å². The summed E-state index contributed by atoms with van der Waals surface area (Å²) in [6.45, 7) is 0.213. The van der Waals surface area contributed by atoms with Crippen molar-refractivity contribution in [2.24, 2.45) is 5.41 Å². The van der Waals surface area contributed by atoms with Crippen LogP contribution in [0.15, 0.2) is 0 Å². The SMILES string of the molecule is O=C(O)C12COC(CO)(C1)C2. The maximum Gasteiger partial charge on any atom is 0.312 e. The van der Waals surface area contributed by atoms with E-state index in [2.05, 4.69) is 0 Å². The number of hydrogen-bond donors (Lipinski definition) is 2. The summed E-state index contributed by atoms with van der Waals surface area (Å²) in [6.07, 6.45) is 0.956. The highest BCUT2D eigenvalue weighted by molar-refractivity contribution is 5.77. The van der Waals surface area contributed by atoms with E-state index in [9.17, 15) is 4.79 Å². The van der Waals surface area contributed by atoms with Gasteiger partial charge in [0.2, 0.25) is 0 Å².